The van der Waals surface area contributed by atoms with Gasteiger partial charge in [0, 0.05) is 18.5 Å². The fourth-order valence-corrected chi connectivity index (χ4v) is 2.37. The van der Waals surface area contributed by atoms with Crippen LogP contribution in [-0.2, 0) is 6.61 Å². The number of rotatable bonds is 4. The van der Waals surface area contributed by atoms with Gasteiger partial charge in [0.05, 0.1) is 5.69 Å². The van der Waals surface area contributed by atoms with Gasteiger partial charge in [0.1, 0.15) is 24.4 Å². The summed E-state index contributed by atoms with van der Waals surface area (Å²) in [5.74, 6) is 1.59. The number of ether oxygens (including phenoxy) is 1. The van der Waals surface area contributed by atoms with E-state index in [0.717, 1.165) is 17.3 Å². The van der Waals surface area contributed by atoms with E-state index in [2.05, 4.69) is 37.7 Å². The first-order valence-corrected chi connectivity index (χ1v) is 6.96. The lowest BCUT2D eigenvalue weighted by Crippen LogP contribution is -1.99. The van der Waals surface area contributed by atoms with Crippen molar-refractivity contribution < 1.29 is 4.74 Å². The minimum Gasteiger partial charge on any atom is -0.471 e. The van der Waals surface area contributed by atoms with E-state index < -0.39 is 0 Å². The minimum atomic E-state index is 0.358. The minimum absolute atomic E-state index is 0.358. The van der Waals surface area contributed by atoms with E-state index in [-0.39, 0.29) is 0 Å². The third kappa shape index (κ3) is 2.52. The quantitative estimate of drug-likeness (QED) is 0.793. The monoisotopic (exact) mass is 281 g/mol. The summed E-state index contributed by atoms with van der Waals surface area (Å²) in [5, 5.41) is 0. The molecule has 0 atom stereocenters. The molecule has 21 heavy (non-hydrogen) atoms. The van der Waals surface area contributed by atoms with Crippen molar-refractivity contribution in [1.82, 2.24) is 19.4 Å². The van der Waals surface area contributed by atoms with Crippen LogP contribution in [0.3, 0.4) is 0 Å². The molecule has 0 amide bonds. The number of aromatic nitrogens is 4. The Bertz CT molecular complexity index is 794. The first-order chi connectivity index (χ1) is 10.3. The summed E-state index contributed by atoms with van der Waals surface area (Å²) in [5.41, 5.74) is 8.77. The summed E-state index contributed by atoms with van der Waals surface area (Å²) in [6.07, 6.45) is 8.13. The lowest BCUT2D eigenvalue weighted by atomic mass is 10.2. The summed E-state index contributed by atoms with van der Waals surface area (Å²) < 4.78 is 7.64. The molecule has 0 bridgehead atoms. The van der Waals surface area contributed by atoms with Crippen LogP contribution in [0, 0.1) is 0 Å². The molecule has 4 rings (SSSR count). The number of hydrogen-bond acceptors (Lipinski definition) is 5. The van der Waals surface area contributed by atoms with Gasteiger partial charge in [0.15, 0.2) is 0 Å². The molecule has 0 aromatic carbocycles. The highest BCUT2D eigenvalue weighted by atomic mass is 16.5. The SMILES string of the molecule is Nc1cc(OCc2cn3cc(C4CC4)ccc3n2)ncn1. The Labute approximate surface area is 121 Å². The van der Waals surface area contributed by atoms with Gasteiger partial charge < -0.3 is 14.9 Å². The number of nitrogens with two attached hydrogens (primary N) is 1. The Morgan fingerprint density at radius 2 is 2.14 bits per heavy atom. The molecule has 3 heterocycles. The van der Waals surface area contributed by atoms with Crippen LogP contribution in [0.25, 0.3) is 5.65 Å². The van der Waals surface area contributed by atoms with E-state index in [4.69, 9.17) is 10.5 Å². The van der Waals surface area contributed by atoms with Gasteiger partial charge in [0.2, 0.25) is 5.88 Å². The van der Waals surface area contributed by atoms with E-state index in [9.17, 15) is 0 Å². The molecule has 1 fully saturated rings. The van der Waals surface area contributed by atoms with E-state index in [0.29, 0.717) is 18.3 Å². The highest BCUT2D eigenvalue weighted by molar-refractivity contribution is 5.42. The zero-order valence-corrected chi connectivity index (χ0v) is 11.4. The van der Waals surface area contributed by atoms with Gasteiger partial charge >= 0.3 is 0 Å². The fraction of sp³-hybridized carbons (Fsp3) is 0.267. The largest absolute Gasteiger partial charge is 0.471 e. The predicted molar refractivity (Wildman–Crippen MR) is 77.9 cm³/mol. The Morgan fingerprint density at radius 3 is 2.95 bits per heavy atom. The standard InChI is InChI=1S/C15H15N5O/c16-13-5-15(18-9-17-13)21-8-12-7-20-6-11(10-1-2-10)3-4-14(20)19-12/h3-7,9-10H,1-2,8H2,(H2,16,17,18). The topological polar surface area (TPSA) is 78.3 Å². The highest BCUT2D eigenvalue weighted by Gasteiger charge is 2.23. The van der Waals surface area contributed by atoms with Gasteiger partial charge in [0.25, 0.3) is 0 Å². The van der Waals surface area contributed by atoms with Gasteiger partial charge in [-0.2, -0.15) is 0 Å². The molecule has 3 aromatic heterocycles. The maximum absolute atomic E-state index is 5.59. The Balaban J connectivity index is 1.53. The van der Waals surface area contributed by atoms with Crippen molar-refractivity contribution in [3.63, 3.8) is 0 Å². The summed E-state index contributed by atoms with van der Waals surface area (Å²) in [4.78, 5) is 12.4. The molecular formula is C15H15N5O. The Morgan fingerprint density at radius 1 is 1.24 bits per heavy atom. The zero-order valence-electron chi connectivity index (χ0n) is 11.4. The maximum Gasteiger partial charge on any atom is 0.218 e. The number of fused-ring (bicyclic) bond motifs is 1. The third-order valence-electron chi connectivity index (χ3n) is 3.60. The molecule has 2 N–H and O–H groups in total. The molecule has 3 aromatic rings. The van der Waals surface area contributed by atoms with Crippen LogP contribution in [0.2, 0.25) is 0 Å². The zero-order chi connectivity index (χ0) is 14.2. The summed E-state index contributed by atoms with van der Waals surface area (Å²) in [6.45, 7) is 0.358. The van der Waals surface area contributed by atoms with Crippen molar-refractivity contribution in [1.29, 1.82) is 0 Å². The van der Waals surface area contributed by atoms with E-state index >= 15 is 0 Å². The van der Waals surface area contributed by atoms with Crippen LogP contribution in [0.4, 0.5) is 5.82 Å². The van der Waals surface area contributed by atoms with Gasteiger partial charge in [-0.05, 0) is 30.4 Å². The lowest BCUT2D eigenvalue weighted by Gasteiger charge is -2.02. The van der Waals surface area contributed by atoms with Crippen molar-refractivity contribution >= 4 is 11.5 Å². The maximum atomic E-state index is 5.59. The van der Waals surface area contributed by atoms with E-state index in [1.165, 1.54) is 24.7 Å². The van der Waals surface area contributed by atoms with Crippen LogP contribution < -0.4 is 10.5 Å². The Hall–Kier alpha value is -2.63. The molecule has 1 aliphatic carbocycles. The smallest absolute Gasteiger partial charge is 0.218 e. The predicted octanol–water partition coefficient (Wildman–Crippen LogP) is 2.16. The second-order valence-electron chi connectivity index (χ2n) is 5.30. The van der Waals surface area contributed by atoms with Crippen molar-refractivity contribution in [3.8, 4) is 5.88 Å². The molecule has 6 nitrogen and oxygen atoms in total. The number of anilines is 1. The van der Waals surface area contributed by atoms with E-state index in [1.807, 2.05) is 6.20 Å². The summed E-state index contributed by atoms with van der Waals surface area (Å²) >= 11 is 0. The van der Waals surface area contributed by atoms with Crippen LogP contribution in [0.15, 0.2) is 36.9 Å². The third-order valence-corrected chi connectivity index (χ3v) is 3.60. The number of nitrogen functional groups attached to an aromatic ring is 1. The van der Waals surface area contributed by atoms with Gasteiger partial charge in [-0.3, -0.25) is 0 Å². The molecule has 1 saturated carbocycles. The molecular weight excluding hydrogens is 266 g/mol. The number of imidazole rings is 1. The van der Waals surface area contributed by atoms with Crippen LogP contribution in [0.5, 0.6) is 5.88 Å². The van der Waals surface area contributed by atoms with Gasteiger partial charge in [-0.1, -0.05) is 6.07 Å². The Kier molecular flexibility index (Phi) is 2.73. The van der Waals surface area contributed by atoms with Crippen molar-refractivity contribution in [2.45, 2.75) is 25.4 Å². The number of pyridine rings is 1. The first kappa shape index (κ1) is 12.1. The highest BCUT2D eigenvalue weighted by Crippen LogP contribution is 2.39. The average Bonchev–Trinajstić information content (AvgIpc) is 3.25. The summed E-state index contributed by atoms with van der Waals surface area (Å²) in [6, 6.07) is 5.82. The van der Waals surface area contributed by atoms with Crippen LogP contribution >= 0.6 is 0 Å². The molecule has 0 saturated heterocycles. The normalized spacial score (nSPS) is 14.5. The second kappa shape index (κ2) is 4.73. The summed E-state index contributed by atoms with van der Waals surface area (Å²) in [7, 11) is 0. The number of nitrogens with zero attached hydrogens (tertiary/aromatic N) is 4. The number of hydrogen-bond donors (Lipinski definition) is 1. The van der Waals surface area contributed by atoms with E-state index in [1.54, 1.807) is 6.07 Å². The molecule has 0 radical (unpaired) electrons. The van der Waals surface area contributed by atoms with Gasteiger partial charge in [-0.15, -0.1) is 0 Å². The second-order valence-corrected chi connectivity index (χ2v) is 5.30. The van der Waals surface area contributed by atoms with Crippen molar-refractivity contribution in [2.75, 3.05) is 5.73 Å². The van der Waals surface area contributed by atoms with Crippen molar-refractivity contribution in [2.24, 2.45) is 0 Å². The first-order valence-electron chi connectivity index (χ1n) is 6.96. The van der Waals surface area contributed by atoms with Gasteiger partial charge in [-0.25, -0.2) is 15.0 Å². The fourth-order valence-electron chi connectivity index (χ4n) is 2.37. The van der Waals surface area contributed by atoms with Crippen LogP contribution in [0.1, 0.15) is 30.0 Å². The molecule has 0 aliphatic heterocycles. The average molecular weight is 281 g/mol. The molecule has 0 unspecified atom stereocenters. The van der Waals surface area contributed by atoms with Crippen molar-refractivity contribution in [3.05, 3.63) is 48.2 Å². The molecule has 1 aliphatic rings. The molecule has 6 heteroatoms. The molecule has 106 valence electrons. The lowest BCUT2D eigenvalue weighted by molar-refractivity contribution is 0.289. The van der Waals surface area contributed by atoms with Crippen LogP contribution in [-0.4, -0.2) is 19.4 Å². The molecule has 0 spiro atoms.